The molecule has 24 N–H and O–H groups in total. The molecule has 0 atom stereocenters. The molecule has 0 bridgehead atoms. The van der Waals surface area contributed by atoms with Gasteiger partial charge >= 0.3 is 5.97 Å². The summed E-state index contributed by atoms with van der Waals surface area (Å²) in [6.45, 7) is 0. The van der Waals surface area contributed by atoms with Crippen molar-refractivity contribution in [1.29, 1.82) is 0 Å². The van der Waals surface area contributed by atoms with E-state index in [0.717, 1.165) is 28.2 Å². The van der Waals surface area contributed by atoms with Gasteiger partial charge in [-0.1, -0.05) is 36.4 Å². The Morgan fingerprint density at radius 1 is 0.431 bits per heavy atom. The molecular weight excluding hydrogens is 741 g/mol. The van der Waals surface area contributed by atoms with E-state index in [9.17, 15) is 4.79 Å². The van der Waals surface area contributed by atoms with E-state index in [2.05, 4.69) is 0 Å². The van der Waals surface area contributed by atoms with Gasteiger partial charge in [0.1, 0.15) is 28.9 Å². The lowest BCUT2D eigenvalue weighted by atomic mass is 9.91. The Hall–Kier alpha value is -8.21. The van der Waals surface area contributed by atoms with Crippen LogP contribution in [0.2, 0.25) is 0 Å². The molecule has 0 aromatic heterocycles. The highest BCUT2D eigenvalue weighted by Crippen LogP contribution is 2.50. The Kier molecular flexibility index (Phi) is 10.6. The molecule has 0 spiro atoms. The van der Waals surface area contributed by atoms with Gasteiger partial charge in [0.15, 0.2) is 6.10 Å². The van der Waals surface area contributed by atoms with Gasteiger partial charge in [-0.2, -0.15) is 0 Å². The maximum Gasteiger partial charge on any atom is 0.343 e. The molecule has 6 rings (SSSR count). The van der Waals surface area contributed by atoms with Gasteiger partial charge in [-0.05, 0) is 70.8 Å². The second-order valence-electron chi connectivity index (χ2n) is 13.3. The van der Waals surface area contributed by atoms with Crippen LogP contribution in [0.25, 0.3) is 11.1 Å². The summed E-state index contributed by atoms with van der Waals surface area (Å²) < 4.78 is 23.3. The van der Waals surface area contributed by atoms with Crippen molar-refractivity contribution in [3.8, 4) is 28.4 Å². The van der Waals surface area contributed by atoms with Crippen molar-refractivity contribution in [2.75, 3.05) is 83.0 Å². The minimum absolute atomic E-state index is 0.0206. The van der Waals surface area contributed by atoms with Gasteiger partial charge in [0.05, 0.1) is 71.1 Å². The zero-order chi connectivity index (χ0) is 42.2. The summed E-state index contributed by atoms with van der Waals surface area (Å²) in [5.74, 6) is 1.01. The Labute approximate surface area is 333 Å². The number of nitrogens with two attached hydrogens (primary N) is 12. The first-order valence-electron chi connectivity index (χ1n) is 17.5. The molecule has 0 aliphatic rings. The molecule has 6 aromatic rings. The third kappa shape index (κ3) is 7.05. The van der Waals surface area contributed by atoms with Gasteiger partial charge in [0, 0.05) is 22.5 Å². The smallest absolute Gasteiger partial charge is 0.343 e. The molecule has 17 heteroatoms. The fourth-order valence-corrected chi connectivity index (χ4v) is 6.57. The minimum atomic E-state index is -1.60. The zero-order valence-corrected chi connectivity index (χ0v) is 31.7. The molecule has 6 aromatic carbocycles. The Morgan fingerprint density at radius 2 is 0.776 bits per heavy atom. The van der Waals surface area contributed by atoms with Crippen LogP contribution in [0.1, 0.15) is 44.8 Å². The van der Waals surface area contributed by atoms with Crippen molar-refractivity contribution in [3.05, 3.63) is 113 Å². The largest absolute Gasteiger partial charge is 0.497 e. The predicted octanol–water partition coefficient (Wildman–Crippen LogP) is 4.47. The van der Waals surface area contributed by atoms with Gasteiger partial charge < -0.3 is 87.8 Å². The Bertz CT molecular complexity index is 2330. The zero-order valence-electron chi connectivity index (χ0n) is 31.7. The topological polar surface area (TPSA) is 366 Å². The molecule has 0 unspecified atom stereocenters. The van der Waals surface area contributed by atoms with Gasteiger partial charge in [-0.3, -0.25) is 0 Å². The number of benzene rings is 6. The summed E-state index contributed by atoms with van der Waals surface area (Å²) in [6, 6.07) is 25.7. The summed E-state index contributed by atoms with van der Waals surface area (Å²) in [7, 11) is 3.22. The van der Waals surface area contributed by atoms with E-state index in [1.807, 2.05) is 72.8 Å². The van der Waals surface area contributed by atoms with Crippen LogP contribution in [-0.2, 0) is 4.74 Å². The summed E-state index contributed by atoms with van der Waals surface area (Å²) in [5, 5.41) is 0. The van der Waals surface area contributed by atoms with Crippen LogP contribution in [0, 0.1) is 0 Å². The molecule has 0 aliphatic carbocycles. The van der Waals surface area contributed by atoms with E-state index < -0.39 is 18.2 Å². The second-order valence-corrected chi connectivity index (χ2v) is 13.3. The molecule has 0 radical (unpaired) electrons. The number of nitrogen functional groups attached to an aromatic ring is 12. The van der Waals surface area contributed by atoms with Crippen molar-refractivity contribution >= 4 is 74.2 Å². The lowest BCUT2D eigenvalue weighted by molar-refractivity contribution is 0.0386. The number of esters is 1. The van der Waals surface area contributed by atoms with E-state index in [4.69, 9.17) is 87.8 Å². The van der Waals surface area contributed by atoms with Crippen LogP contribution >= 0.6 is 0 Å². The maximum atomic E-state index is 14.1. The number of carbonyl (C=O) groups excluding carboxylic acids is 1. The lowest BCUT2D eigenvalue weighted by Gasteiger charge is -2.28. The number of hydrogen-bond acceptors (Lipinski definition) is 17. The third-order valence-corrected chi connectivity index (χ3v) is 9.91. The average Bonchev–Trinajstić information content (AvgIpc) is 3.22. The van der Waals surface area contributed by atoms with Gasteiger partial charge in [0.25, 0.3) is 0 Å². The van der Waals surface area contributed by atoms with Crippen LogP contribution in [0.15, 0.2) is 84.9 Å². The first-order chi connectivity index (χ1) is 27.6. The highest BCUT2D eigenvalue weighted by Gasteiger charge is 2.34. The quantitative estimate of drug-likeness (QED) is 0.0636. The van der Waals surface area contributed by atoms with E-state index in [1.165, 1.54) is 0 Å². The number of hydrogen-bond donors (Lipinski definition) is 12. The molecule has 0 fully saturated rings. The number of ether oxygens (including phenoxy) is 4. The third-order valence-electron chi connectivity index (χ3n) is 9.91. The summed E-state index contributed by atoms with van der Waals surface area (Å²) in [6.07, 6.45) is -2.06. The summed E-state index contributed by atoms with van der Waals surface area (Å²) in [5.41, 5.74) is 76.8. The van der Waals surface area contributed by atoms with E-state index in [1.54, 1.807) is 26.4 Å². The highest BCUT2D eigenvalue weighted by atomic mass is 16.5. The fraction of sp³-hybridized carbons (Fsp3) is 0.0976. The second kappa shape index (κ2) is 15.5. The standard InChI is InChI=1S/C41H46N12O5/c1-55-21-9-5-18(6-10-21)39(19-7-11-22(56-2)12-8-19)57-23-13-3-17(4-14-23)20-15-24(42)26(25(43)16-20)41(54)58-40(27-29(44)33(48)37(52)34(49)30(27)45)28-31(46)35(50)38(53)36(51)32(28)47/h3-16,39-40H,42-53H2,1-2H3. The first-order valence-corrected chi connectivity index (χ1v) is 17.5. The molecule has 0 aliphatic heterocycles. The highest BCUT2D eigenvalue weighted by molar-refractivity contribution is 6.04. The van der Waals surface area contributed by atoms with Crippen LogP contribution < -0.4 is 83.0 Å². The predicted molar refractivity (Wildman–Crippen MR) is 233 cm³/mol. The molecule has 0 saturated heterocycles. The summed E-state index contributed by atoms with van der Waals surface area (Å²) in [4.78, 5) is 14.1. The average molecular weight is 787 g/mol. The van der Waals surface area contributed by atoms with E-state index >= 15 is 0 Å². The van der Waals surface area contributed by atoms with Crippen LogP contribution in [0.4, 0.5) is 68.2 Å². The van der Waals surface area contributed by atoms with E-state index in [-0.39, 0.29) is 84.9 Å². The van der Waals surface area contributed by atoms with Gasteiger partial charge in [-0.15, -0.1) is 0 Å². The lowest BCUT2D eigenvalue weighted by Crippen LogP contribution is -2.23. The molecule has 58 heavy (non-hydrogen) atoms. The number of rotatable bonds is 11. The molecule has 0 amide bonds. The van der Waals surface area contributed by atoms with Crippen molar-refractivity contribution in [2.45, 2.75) is 12.2 Å². The minimum Gasteiger partial charge on any atom is -0.497 e. The van der Waals surface area contributed by atoms with Crippen molar-refractivity contribution in [2.24, 2.45) is 0 Å². The van der Waals surface area contributed by atoms with Crippen molar-refractivity contribution < 1.29 is 23.7 Å². The molecule has 300 valence electrons. The van der Waals surface area contributed by atoms with Crippen molar-refractivity contribution in [3.63, 3.8) is 0 Å². The number of carbonyl (C=O) groups is 1. The Balaban J connectivity index is 1.33. The van der Waals surface area contributed by atoms with Crippen LogP contribution in [-0.4, -0.2) is 20.2 Å². The SMILES string of the molecule is COc1ccc(C(Oc2ccc(-c3cc(N)c(C(=O)OC(c4c(N)c(N)c(N)c(N)c4N)c4c(N)c(N)c(N)c(N)c4N)c(N)c3)cc2)c2ccc(OC)cc2)cc1. The summed E-state index contributed by atoms with van der Waals surface area (Å²) >= 11 is 0. The normalized spacial score (nSPS) is 11.1. The van der Waals surface area contributed by atoms with Gasteiger partial charge in [0.2, 0.25) is 0 Å². The van der Waals surface area contributed by atoms with Crippen LogP contribution in [0.5, 0.6) is 17.2 Å². The van der Waals surface area contributed by atoms with Gasteiger partial charge in [-0.25, -0.2) is 4.79 Å². The first kappa shape index (κ1) is 39.5. The molecular formula is C41H46N12O5. The molecule has 0 saturated carbocycles. The Morgan fingerprint density at radius 3 is 1.14 bits per heavy atom. The van der Waals surface area contributed by atoms with Crippen LogP contribution in [0.3, 0.4) is 0 Å². The number of methoxy groups -OCH3 is 2. The van der Waals surface area contributed by atoms with Crippen molar-refractivity contribution in [1.82, 2.24) is 0 Å². The molecule has 17 nitrogen and oxygen atoms in total. The maximum absolute atomic E-state index is 14.1. The molecule has 0 heterocycles. The number of anilines is 12. The monoisotopic (exact) mass is 786 g/mol. The fourth-order valence-electron chi connectivity index (χ4n) is 6.57. The van der Waals surface area contributed by atoms with E-state index in [0.29, 0.717) is 11.3 Å².